The number of methoxy groups -OCH3 is 2. The Hall–Kier alpha value is -2.82. The molecule has 0 unspecified atom stereocenters. The van der Waals surface area contributed by atoms with Gasteiger partial charge in [0.05, 0.1) is 51.2 Å². The van der Waals surface area contributed by atoms with Crippen molar-refractivity contribution in [2.75, 3.05) is 53.6 Å². The van der Waals surface area contributed by atoms with Gasteiger partial charge < -0.3 is 24.4 Å². The molecule has 9 nitrogen and oxygen atoms in total. The fourth-order valence-corrected chi connectivity index (χ4v) is 5.62. The maximum absolute atomic E-state index is 13.0. The number of allylic oxidation sites excluding steroid dienone is 1. The first-order chi connectivity index (χ1) is 17.6. The Morgan fingerprint density at radius 2 is 2.00 bits per heavy atom. The monoisotopic (exact) mass is 514 g/mol. The zero-order chi connectivity index (χ0) is 25.5. The number of fused-ring (bicyclic) bond motifs is 1. The number of amides is 1. The number of ether oxygens (including phenoxy) is 3. The lowest BCUT2D eigenvalue weighted by Crippen LogP contribution is -2.39. The molecule has 1 amide bonds. The number of hydrogen-bond donors (Lipinski definition) is 1. The number of nitrogens with zero attached hydrogens (tertiary/aromatic N) is 3. The van der Waals surface area contributed by atoms with E-state index < -0.39 is 12.0 Å². The molecule has 3 aliphatic heterocycles. The van der Waals surface area contributed by atoms with Crippen LogP contribution in [0.1, 0.15) is 37.8 Å². The number of carbonyl (C=O) groups is 2. The predicted octanol–water partition coefficient (Wildman–Crippen LogP) is 3.06. The molecule has 1 aromatic carbocycles. The number of nitrogens with one attached hydrogen (secondary N) is 1. The van der Waals surface area contributed by atoms with E-state index in [0.717, 1.165) is 55.7 Å². The smallest absolute Gasteiger partial charge is 0.338 e. The van der Waals surface area contributed by atoms with Gasteiger partial charge in [-0.25, -0.2) is 9.79 Å². The van der Waals surface area contributed by atoms with Crippen molar-refractivity contribution in [3.8, 4) is 5.75 Å². The minimum Gasteiger partial charge on any atom is -0.496 e. The molecule has 3 heterocycles. The molecule has 0 bridgehead atoms. The van der Waals surface area contributed by atoms with E-state index in [1.807, 2.05) is 41.5 Å². The standard InChI is InChI=1S/C26H34N4O5S/c1-4-20-23(25(32)34-3)24(19-8-5-6-9-21(19)33-2)30-18(17-36-26(30)28-20)16-22(31)27-10-7-11-29-12-14-35-15-13-29/h5-6,8-9,17,24H,4,7,10-16H2,1-3H3,(H,27,31)/t24-/m1/s1. The van der Waals surface area contributed by atoms with Crippen LogP contribution >= 0.6 is 11.8 Å². The third-order valence-corrected chi connectivity index (χ3v) is 7.37. The third kappa shape index (κ3) is 5.77. The topological polar surface area (TPSA) is 92.7 Å². The molecule has 0 radical (unpaired) electrons. The summed E-state index contributed by atoms with van der Waals surface area (Å²) in [6.45, 7) is 6.94. The Bertz CT molecular complexity index is 1060. The van der Waals surface area contributed by atoms with Crippen LogP contribution in [0.25, 0.3) is 0 Å². The quantitative estimate of drug-likeness (QED) is 0.376. The number of morpholine rings is 1. The fraction of sp³-hybridized carbons (Fsp3) is 0.500. The van der Waals surface area contributed by atoms with Crippen LogP contribution in [0.3, 0.4) is 0 Å². The van der Waals surface area contributed by atoms with Gasteiger partial charge in [0.1, 0.15) is 5.75 Å². The van der Waals surface area contributed by atoms with E-state index in [1.165, 1.54) is 18.9 Å². The molecule has 3 aliphatic rings. The first-order valence-electron chi connectivity index (χ1n) is 12.3. The molecule has 0 spiro atoms. The number of rotatable bonds is 10. The van der Waals surface area contributed by atoms with Gasteiger partial charge in [-0.15, -0.1) is 0 Å². The van der Waals surface area contributed by atoms with Crippen molar-refractivity contribution >= 4 is 28.8 Å². The largest absolute Gasteiger partial charge is 0.496 e. The van der Waals surface area contributed by atoms with Gasteiger partial charge in [0.2, 0.25) is 5.91 Å². The summed E-state index contributed by atoms with van der Waals surface area (Å²) in [5, 5.41) is 5.73. The maximum Gasteiger partial charge on any atom is 0.338 e. The number of aliphatic imine (C=N–C) groups is 1. The van der Waals surface area contributed by atoms with Crippen molar-refractivity contribution in [3.05, 3.63) is 52.2 Å². The molecule has 36 heavy (non-hydrogen) atoms. The Morgan fingerprint density at radius 3 is 2.72 bits per heavy atom. The average molecular weight is 515 g/mol. The molecule has 0 aliphatic carbocycles. The summed E-state index contributed by atoms with van der Waals surface area (Å²) in [6.07, 6.45) is 1.65. The summed E-state index contributed by atoms with van der Waals surface area (Å²) < 4.78 is 16.2. The molecule has 0 saturated carbocycles. The van der Waals surface area contributed by atoms with Crippen LogP contribution in [0.2, 0.25) is 0 Å². The molecule has 0 aromatic heterocycles. The molecule has 10 heteroatoms. The zero-order valence-electron chi connectivity index (χ0n) is 21.1. The molecule has 4 rings (SSSR count). The highest BCUT2D eigenvalue weighted by Gasteiger charge is 2.42. The van der Waals surface area contributed by atoms with Crippen molar-refractivity contribution in [2.24, 2.45) is 4.99 Å². The Labute approximate surface area is 216 Å². The fourth-order valence-electron chi connectivity index (χ4n) is 4.68. The highest BCUT2D eigenvalue weighted by atomic mass is 32.2. The lowest BCUT2D eigenvalue weighted by Gasteiger charge is -2.37. The Balaban J connectivity index is 1.51. The third-order valence-electron chi connectivity index (χ3n) is 6.48. The minimum absolute atomic E-state index is 0.0614. The average Bonchev–Trinajstić information content (AvgIpc) is 3.32. The van der Waals surface area contributed by atoms with E-state index in [9.17, 15) is 9.59 Å². The number of hydrogen-bond acceptors (Lipinski definition) is 9. The van der Waals surface area contributed by atoms with Crippen LogP contribution in [0.5, 0.6) is 5.75 Å². The van der Waals surface area contributed by atoms with Crippen LogP contribution in [0.15, 0.2) is 51.6 Å². The van der Waals surface area contributed by atoms with E-state index in [1.54, 1.807) is 7.11 Å². The summed E-state index contributed by atoms with van der Waals surface area (Å²) in [5.74, 6) is 0.160. The number of thioether (sulfide) groups is 1. The second-order valence-corrected chi connectivity index (χ2v) is 9.51. The van der Waals surface area contributed by atoms with E-state index in [0.29, 0.717) is 30.0 Å². The highest BCUT2D eigenvalue weighted by molar-refractivity contribution is 8.16. The van der Waals surface area contributed by atoms with Crippen LogP contribution in [0.4, 0.5) is 0 Å². The second kappa shape index (κ2) is 12.4. The van der Waals surface area contributed by atoms with Crippen LogP contribution in [-0.2, 0) is 19.1 Å². The summed E-state index contributed by atoms with van der Waals surface area (Å²) >= 11 is 1.46. The summed E-state index contributed by atoms with van der Waals surface area (Å²) in [5.41, 5.74) is 2.75. The van der Waals surface area contributed by atoms with Crippen molar-refractivity contribution < 1.29 is 23.8 Å². The lowest BCUT2D eigenvalue weighted by atomic mass is 9.92. The van der Waals surface area contributed by atoms with Gasteiger partial charge in [0, 0.05) is 30.9 Å². The first-order valence-corrected chi connectivity index (χ1v) is 13.2. The van der Waals surface area contributed by atoms with E-state index >= 15 is 0 Å². The molecule has 1 fully saturated rings. The van der Waals surface area contributed by atoms with Crippen LogP contribution < -0.4 is 10.1 Å². The molecule has 194 valence electrons. The zero-order valence-corrected chi connectivity index (χ0v) is 21.9. The summed E-state index contributed by atoms with van der Waals surface area (Å²) in [7, 11) is 2.99. The lowest BCUT2D eigenvalue weighted by molar-refractivity contribution is -0.136. The van der Waals surface area contributed by atoms with Crippen molar-refractivity contribution in [1.29, 1.82) is 0 Å². The normalized spacial score (nSPS) is 20.0. The highest BCUT2D eigenvalue weighted by Crippen LogP contribution is 2.47. The molecule has 1 N–H and O–H groups in total. The van der Waals surface area contributed by atoms with Gasteiger partial charge in [0.15, 0.2) is 5.17 Å². The predicted molar refractivity (Wildman–Crippen MR) is 140 cm³/mol. The van der Waals surface area contributed by atoms with Crippen LogP contribution in [-0.4, -0.2) is 80.5 Å². The van der Waals surface area contributed by atoms with Gasteiger partial charge in [-0.1, -0.05) is 36.9 Å². The van der Waals surface area contributed by atoms with E-state index in [-0.39, 0.29) is 12.3 Å². The van der Waals surface area contributed by atoms with Gasteiger partial charge in [-0.05, 0) is 30.9 Å². The number of para-hydroxylation sites is 1. The molecule has 1 saturated heterocycles. The van der Waals surface area contributed by atoms with E-state index in [2.05, 4.69) is 10.2 Å². The minimum atomic E-state index is -0.508. The first kappa shape index (κ1) is 26.2. The van der Waals surface area contributed by atoms with Gasteiger partial charge in [0.25, 0.3) is 0 Å². The van der Waals surface area contributed by atoms with Crippen molar-refractivity contribution in [1.82, 2.24) is 15.1 Å². The van der Waals surface area contributed by atoms with Crippen molar-refractivity contribution in [2.45, 2.75) is 32.2 Å². The van der Waals surface area contributed by atoms with Gasteiger partial charge in [-0.3, -0.25) is 9.69 Å². The number of esters is 1. The number of benzene rings is 1. The second-order valence-electron chi connectivity index (χ2n) is 8.68. The Kier molecular flexibility index (Phi) is 9.06. The van der Waals surface area contributed by atoms with E-state index in [4.69, 9.17) is 19.2 Å². The van der Waals surface area contributed by atoms with Gasteiger partial charge >= 0.3 is 5.97 Å². The van der Waals surface area contributed by atoms with Gasteiger partial charge in [-0.2, -0.15) is 0 Å². The molecular formula is C26H34N4O5S. The number of amidine groups is 1. The molecule has 1 aromatic rings. The summed E-state index contributed by atoms with van der Waals surface area (Å²) in [4.78, 5) is 35.0. The molecule has 1 atom stereocenters. The SMILES string of the molecule is CCC1=C(C(=O)OC)[C@@H](c2ccccc2OC)N2C(CC(=O)NCCCN3CCOCC3)=CSC2=N1. The van der Waals surface area contributed by atoms with Crippen molar-refractivity contribution in [3.63, 3.8) is 0 Å². The number of carbonyl (C=O) groups excluding carboxylic acids is 2. The summed E-state index contributed by atoms with van der Waals surface area (Å²) in [6, 6.07) is 7.11. The maximum atomic E-state index is 13.0. The Morgan fingerprint density at radius 1 is 1.22 bits per heavy atom. The molecular weight excluding hydrogens is 480 g/mol. The van der Waals surface area contributed by atoms with Crippen LogP contribution in [0, 0.1) is 0 Å².